The number of hydrogen-bond donors (Lipinski definition) is 0. The lowest BCUT2D eigenvalue weighted by molar-refractivity contribution is 0.369. The lowest BCUT2D eigenvalue weighted by Crippen LogP contribution is -2.25. The van der Waals surface area contributed by atoms with Gasteiger partial charge in [0.15, 0.2) is 5.82 Å². The molecule has 0 saturated carbocycles. The predicted octanol–water partition coefficient (Wildman–Crippen LogP) is 1.59. The monoisotopic (exact) mass is 328 g/mol. The molecule has 2 rings (SSSR count). The number of benzene rings is 1. The van der Waals surface area contributed by atoms with E-state index in [-0.39, 0.29) is 36.0 Å². The molecule has 1 aromatic heterocycles. The fraction of sp³-hybridized carbons (Fsp3) is 0.308. The predicted molar refractivity (Wildman–Crippen MR) is 75.5 cm³/mol. The molecular formula is C13H11ClF2N4O2. The fourth-order valence-corrected chi connectivity index (χ4v) is 1.89. The summed E-state index contributed by atoms with van der Waals surface area (Å²) in [5.74, 6) is 1.58. The maximum Gasteiger partial charge on any atom is 0.368 e. The third-order valence-electron chi connectivity index (χ3n) is 2.68. The van der Waals surface area contributed by atoms with Crippen LogP contribution in [0.25, 0.3) is 5.69 Å². The minimum absolute atomic E-state index is 0.00868. The molecular weight excluding hydrogens is 318 g/mol. The van der Waals surface area contributed by atoms with Gasteiger partial charge in [-0.2, -0.15) is 9.36 Å². The molecule has 0 aliphatic carbocycles. The van der Waals surface area contributed by atoms with Crippen LogP contribution in [0.5, 0.6) is 5.75 Å². The van der Waals surface area contributed by atoms with E-state index in [1.807, 2.05) is 0 Å². The van der Waals surface area contributed by atoms with Crippen LogP contribution in [0.4, 0.5) is 8.78 Å². The smallest absolute Gasteiger partial charge is 0.368 e. The Morgan fingerprint density at radius 1 is 1.41 bits per heavy atom. The largest absolute Gasteiger partial charge is 0.479 e. The van der Waals surface area contributed by atoms with Gasteiger partial charge in [-0.05, 0) is 22.9 Å². The number of terminal acetylenes is 1. The average Bonchev–Trinajstić information content (AvgIpc) is 2.85. The second-order valence-corrected chi connectivity index (χ2v) is 4.57. The lowest BCUT2D eigenvalue weighted by Gasteiger charge is -2.08. The van der Waals surface area contributed by atoms with Gasteiger partial charge in [0.1, 0.15) is 18.0 Å². The maximum atomic E-state index is 14.0. The number of aryl methyl sites for hydroxylation is 1. The molecule has 0 N–H and O–H groups in total. The Balaban J connectivity index is 2.42. The summed E-state index contributed by atoms with van der Waals surface area (Å²) >= 11 is 5.83. The van der Waals surface area contributed by atoms with Gasteiger partial charge >= 0.3 is 5.69 Å². The Bertz CT molecular complexity index is 766. The van der Waals surface area contributed by atoms with Gasteiger partial charge in [-0.15, -0.1) is 6.42 Å². The Morgan fingerprint density at radius 2 is 2.18 bits per heavy atom. The third kappa shape index (κ3) is 3.26. The number of halogens is 3. The summed E-state index contributed by atoms with van der Waals surface area (Å²) in [5, 5.41) is 7.14. The van der Waals surface area contributed by atoms with E-state index in [2.05, 4.69) is 16.3 Å². The molecule has 6 nitrogen and oxygen atoms in total. The molecule has 0 fully saturated rings. The van der Waals surface area contributed by atoms with Crippen molar-refractivity contribution in [3.8, 4) is 23.8 Å². The summed E-state index contributed by atoms with van der Waals surface area (Å²) < 4.78 is 33.0. The number of tetrazole rings is 1. The summed E-state index contributed by atoms with van der Waals surface area (Å²) in [5.41, 5.74) is -0.884. The molecule has 9 heteroatoms. The zero-order chi connectivity index (χ0) is 16.1. The molecule has 1 heterocycles. The number of aromatic nitrogens is 4. The summed E-state index contributed by atoms with van der Waals surface area (Å²) in [6, 6.07) is 2.18. The molecule has 0 saturated heterocycles. The lowest BCUT2D eigenvalue weighted by atomic mass is 10.3. The minimum Gasteiger partial charge on any atom is -0.479 e. The van der Waals surface area contributed by atoms with Crippen LogP contribution in [-0.4, -0.2) is 33.1 Å². The van der Waals surface area contributed by atoms with Gasteiger partial charge < -0.3 is 4.74 Å². The first-order valence-electron chi connectivity index (χ1n) is 6.23. The van der Waals surface area contributed by atoms with Gasteiger partial charge in [-0.3, -0.25) is 4.39 Å². The first kappa shape index (κ1) is 16.0. The first-order chi connectivity index (χ1) is 10.6. The van der Waals surface area contributed by atoms with Crippen molar-refractivity contribution in [2.45, 2.75) is 13.0 Å². The molecule has 0 amide bonds. The highest BCUT2D eigenvalue weighted by atomic mass is 35.5. The minimum atomic E-state index is -0.780. The average molecular weight is 329 g/mol. The van der Waals surface area contributed by atoms with E-state index in [0.29, 0.717) is 0 Å². The first-order valence-corrected chi connectivity index (χ1v) is 6.60. The van der Waals surface area contributed by atoms with Crippen LogP contribution < -0.4 is 10.4 Å². The number of ether oxygens (including phenoxy) is 1. The Hall–Kier alpha value is -2.40. The van der Waals surface area contributed by atoms with Crippen molar-refractivity contribution in [1.82, 2.24) is 19.8 Å². The quantitative estimate of drug-likeness (QED) is 0.756. The zero-order valence-electron chi connectivity index (χ0n) is 11.3. The number of nitrogens with zero attached hydrogens (tertiary/aromatic N) is 4. The molecule has 0 spiro atoms. The van der Waals surface area contributed by atoms with Crippen molar-refractivity contribution in [1.29, 1.82) is 0 Å². The molecule has 0 aliphatic heterocycles. The maximum absolute atomic E-state index is 14.0. The normalized spacial score (nSPS) is 10.5. The topological polar surface area (TPSA) is 61.9 Å². The van der Waals surface area contributed by atoms with E-state index in [9.17, 15) is 13.6 Å². The second kappa shape index (κ2) is 7.04. The third-order valence-corrected chi connectivity index (χ3v) is 2.98. The van der Waals surface area contributed by atoms with Crippen LogP contribution in [0.3, 0.4) is 0 Å². The van der Waals surface area contributed by atoms with E-state index in [1.165, 1.54) is 6.07 Å². The molecule has 0 bridgehead atoms. The highest BCUT2D eigenvalue weighted by molar-refractivity contribution is 6.32. The molecule has 22 heavy (non-hydrogen) atoms. The molecule has 116 valence electrons. The molecule has 0 radical (unpaired) electrons. The summed E-state index contributed by atoms with van der Waals surface area (Å²) in [4.78, 5) is 12.0. The summed E-state index contributed by atoms with van der Waals surface area (Å²) in [7, 11) is 0. The Kier molecular flexibility index (Phi) is 5.12. The van der Waals surface area contributed by atoms with E-state index in [0.717, 1.165) is 15.4 Å². The van der Waals surface area contributed by atoms with Gasteiger partial charge in [0.2, 0.25) is 0 Å². The van der Waals surface area contributed by atoms with Crippen LogP contribution in [0.15, 0.2) is 16.9 Å². The van der Waals surface area contributed by atoms with E-state index in [1.54, 1.807) is 0 Å². The van der Waals surface area contributed by atoms with E-state index in [4.69, 9.17) is 22.8 Å². The molecule has 0 unspecified atom stereocenters. The van der Waals surface area contributed by atoms with Crippen LogP contribution in [-0.2, 0) is 6.54 Å². The fourth-order valence-electron chi connectivity index (χ4n) is 1.69. The van der Waals surface area contributed by atoms with Crippen LogP contribution in [0.1, 0.15) is 6.42 Å². The molecule has 2 aromatic rings. The van der Waals surface area contributed by atoms with Gasteiger partial charge in [-0.1, -0.05) is 17.5 Å². The second-order valence-electron chi connectivity index (χ2n) is 4.17. The number of rotatable bonds is 6. The molecule has 0 aliphatic rings. The van der Waals surface area contributed by atoms with Gasteiger partial charge in [-0.25, -0.2) is 9.18 Å². The summed E-state index contributed by atoms with van der Waals surface area (Å²) in [6.07, 6.45) is 5.19. The van der Waals surface area contributed by atoms with Crippen molar-refractivity contribution in [2.75, 3.05) is 13.3 Å². The van der Waals surface area contributed by atoms with Crippen molar-refractivity contribution >= 4 is 11.6 Å². The van der Waals surface area contributed by atoms with E-state index < -0.39 is 18.2 Å². The number of alkyl halides is 1. The Labute approximate surface area is 129 Å². The van der Waals surface area contributed by atoms with Crippen molar-refractivity contribution in [2.24, 2.45) is 0 Å². The van der Waals surface area contributed by atoms with Crippen LogP contribution >= 0.6 is 11.6 Å². The summed E-state index contributed by atoms with van der Waals surface area (Å²) in [6.45, 7) is -0.618. The van der Waals surface area contributed by atoms with Crippen LogP contribution in [0, 0.1) is 18.2 Å². The van der Waals surface area contributed by atoms with Crippen LogP contribution in [0.2, 0.25) is 5.02 Å². The van der Waals surface area contributed by atoms with Gasteiger partial charge in [0.25, 0.3) is 0 Å². The zero-order valence-corrected chi connectivity index (χ0v) is 12.1. The standard InChI is InChI=1S/C13H11ClF2N4O2/c1-2-6-22-12-8-11(10(16)7-9(12)14)20-13(21)19(17-18-20)5-3-4-15/h1,7-8H,3-6H2. The van der Waals surface area contributed by atoms with E-state index >= 15 is 0 Å². The SMILES string of the molecule is C#CCOc1cc(-n2nnn(CCCF)c2=O)c(F)cc1Cl. The highest BCUT2D eigenvalue weighted by Gasteiger charge is 2.16. The highest BCUT2D eigenvalue weighted by Crippen LogP contribution is 2.28. The Morgan fingerprint density at radius 3 is 2.86 bits per heavy atom. The van der Waals surface area contributed by atoms with Gasteiger partial charge in [0, 0.05) is 6.07 Å². The van der Waals surface area contributed by atoms with Crippen molar-refractivity contribution < 1.29 is 13.5 Å². The number of hydrogen-bond acceptors (Lipinski definition) is 4. The van der Waals surface area contributed by atoms with Crippen molar-refractivity contribution in [3.63, 3.8) is 0 Å². The molecule has 1 aromatic carbocycles. The molecule has 0 atom stereocenters. The van der Waals surface area contributed by atoms with Gasteiger partial charge in [0.05, 0.1) is 18.2 Å². The van der Waals surface area contributed by atoms with Crippen molar-refractivity contribution in [3.05, 3.63) is 33.5 Å².